The Labute approximate surface area is 122 Å². The molecule has 2 N–H and O–H groups in total. The van der Waals surface area contributed by atoms with E-state index in [-0.39, 0.29) is 11.9 Å². The first-order chi connectivity index (χ1) is 9.05. The molecule has 1 amide bonds. The molecule has 0 saturated carbocycles. The molecule has 1 aromatic heterocycles. The van der Waals surface area contributed by atoms with Crippen molar-refractivity contribution >= 4 is 35.1 Å². The molecule has 7 heteroatoms. The largest absolute Gasteiger partial charge is 0.369 e. The molecule has 1 unspecified atom stereocenters. The van der Waals surface area contributed by atoms with Crippen LogP contribution < -0.4 is 10.6 Å². The summed E-state index contributed by atoms with van der Waals surface area (Å²) >= 11 is 7.30. The zero-order chi connectivity index (χ0) is 14.3. The van der Waals surface area contributed by atoms with Gasteiger partial charge in [0.15, 0.2) is 5.16 Å². The number of rotatable bonds is 7. The summed E-state index contributed by atoms with van der Waals surface area (Å²) < 4.78 is 0. The first-order valence-electron chi connectivity index (χ1n) is 6.17. The molecule has 0 aliphatic heterocycles. The minimum absolute atomic E-state index is 0.0343. The van der Waals surface area contributed by atoms with E-state index in [1.165, 1.54) is 11.8 Å². The van der Waals surface area contributed by atoms with E-state index in [1.807, 2.05) is 20.1 Å². The molecule has 0 bridgehead atoms. The summed E-state index contributed by atoms with van der Waals surface area (Å²) in [5, 5.41) is 6.99. The van der Waals surface area contributed by atoms with E-state index in [2.05, 4.69) is 20.6 Å². The summed E-state index contributed by atoms with van der Waals surface area (Å²) in [4.78, 5) is 19.9. The van der Waals surface area contributed by atoms with Gasteiger partial charge in [0, 0.05) is 25.1 Å². The smallest absolute Gasteiger partial charge is 0.221 e. The van der Waals surface area contributed by atoms with Crippen molar-refractivity contribution in [3.05, 3.63) is 11.2 Å². The van der Waals surface area contributed by atoms with Crippen LogP contribution in [0.3, 0.4) is 0 Å². The van der Waals surface area contributed by atoms with Crippen molar-refractivity contribution in [3.63, 3.8) is 0 Å². The number of carbonyl (C=O) groups is 1. The molecule has 0 spiro atoms. The normalized spacial score (nSPS) is 12.0. The molecule has 1 aromatic rings. The van der Waals surface area contributed by atoms with Crippen LogP contribution in [0.25, 0.3) is 0 Å². The lowest BCUT2D eigenvalue weighted by Crippen LogP contribution is -2.33. The molecule has 1 rings (SSSR count). The zero-order valence-corrected chi connectivity index (χ0v) is 12.9. The van der Waals surface area contributed by atoms with Gasteiger partial charge in [-0.3, -0.25) is 4.79 Å². The van der Waals surface area contributed by atoms with Crippen molar-refractivity contribution in [2.75, 3.05) is 18.1 Å². The predicted molar refractivity (Wildman–Crippen MR) is 79.8 cm³/mol. The molecule has 1 atom stereocenters. The fraction of sp³-hybridized carbons (Fsp3) is 0.583. The van der Waals surface area contributed by atoms with Crippen LogP contribution in [0.4, 0.5) is 5.82 Å². The van der Waals surface area contributed by atoms with Gasteiger partial charge < -0.3 is 10.6 Å². The van der Waals surface area contributed by atoms with Crippen LogP contribution in [0.1, 0.15) is 26.7 Å². The lowest BCUT2D eigenvalue weighted by Gasteiger charge is -2.11. The van der Waals surface area contributed by atoms with Gasteiger partial charge in [-0.1, -0.05) is 30.3 Å². The molecule has 0 radical (unpaired) electrons. The number of hydrogen-bond acceptors (Lipinski definition) is 5. The SMILES string of the molecule is CCC(C)NC(=O)CCNc1cc(Cl)nc(SC)n1. The van der Waals surface area contributed by atoms with Crippen molar-refractivity contribution in [3.8, 4) is 0 Å². The van der Waals surface area contributed by atoms with E-state index >= 15 is 0 Å². The third kappa shape index (κ3) is 6.11. The topological polar surface area (TPSA) is 66.9 Å². The number of nitrogens with zero attached hydrogens (tertiary/aromatic N) is 2. The Bertz CT molecular complexity index is 430. The van der Waals surface area contributed by atoms with Crippen LogP contribution >= 0.6 is 23.4 Å². The van der Waals surface area contributed by atoms with Gasteiger partial charge in [-0.2, -0.15) is 0 Å². The van der Waals surface area contributed by atoms with Crippen LogP contribution in [-0.2, 0) is 4.79 Å². The molecule has 1 heterocycles. The minimum Gasteiger partial charge on any atom is -0.369 e. The monoisotopic (exact) mass is 302 g/mol. The third-order valence-electron chi connectivity index (χ3n) is 2.53. The predicted octanol–water partition coefficient (Wildman–Crippen LogP) is 2.57. The fourth-order valence-corrected chi connectivity index (χ4v) is 1.94. The lowest BCUT2D eigenvalue weighted by atomic mass is 10.2. The quantitative estimate of drug-likeness (QED) is 0.460. The van der Waals surface area contributed by atoms with Crippen LogP contribution in [0.15, 0.2) is 11.2 Å². The summed E-state index contributed by atoms with van der Waals surface area (Å²) in [7, 11) is 0. The molecular weight excluding hydrogens is 284 g/mol. The van der Waals surface area contributed by atoms with Gasteiger partial charge in [-0.05, 0) is 19.6 Å². The maximum Gasteiger partial charge on any atom is 0.221 e. The van der Waals surface area contributed by atoms with Gasteiger partial charge >= 0.3 is 0 Å². The zero-order valence-electron chi connectivity index (χ0n) is 11.4. The average Bonchev–Trinajstić information content (AvgIpc) is 2.37. The highest BCUT2D eigenvalue weighted by Gasteiger charge is 2.06. The summed E-state index contributed by atoms with van der Waals surface area (Å²) in [5.41, 5.74) is 0. The Hall–Kier alpha value is -1.01. The number of amides is 1. The average molecular weight is 303 g/mol. The number of aromatic nitrogens is 2. The molecule has 5 nitrogen and oxygen atoms in total. The van der Waals surface area contributed by atoms with Gasteiger partial charge in [-0.15, -0.1) is 0 Å². The maximum absolute atomic E-state index is 11.6. The summed E-state index contributed by atoms with van der Waals surface area (Å²) in [6.07, 6.45) is 3.22. The summed E-state index contributed by atoms with van der Waals surface area (Å²) in [6, 6.07) is 1.86. The summed E-state index contributed by atoms with van der Waals surface area (Å²) in [5.74, 6) is 0.674. The van der Waals surface area contributed by atoms with Crippen molar-refractivity contribution in [1.82, 2.24) is 15.3 Å². The molecule has 0 fully saturated rings. The highest BCUT2D eigenvalue weighted by Crippen LogP contribution is 2.16. The Morgan fingerprint density at radius 3 is 2.89 bits per heavy atom. The number of hydrogen-bond donors (Lipinski definition) is 2. The van der Waals surface area contributed by atoms with Gasteiger partial charge in [0.2, 0.25) is 5.91 Å². The Morgan fingerprint density at radius 2 is 2.26 bits per heavy atom. The molecule has 106 valence electrons. The Balaban J connectivity index is 2.40. The Kier molecular flexibility index (Phi) is 6.94. The van der Waals surface area contributed by atoms with E-state index < -0.39 is 0 Å². The van der Waals surface area contributed by atoms with Crippen LogP contribution in [0.5, 0.6) is 0 Å². The lowest BCUT2D eigenvalue weighted by molar-refractivity contribution is -0.121. The minimum atomic E-state index is 0.0343. The highest BCUT2D eigenvalue weighted by atomic mass is 35.5. The number of anilines is 1. The summed E-state index contributed by atoms with van der Waals surface area (Å²) in [6.45, 7) is 4.54. The number of thioether (sulfide) groups is 1. The standard InChI is InChI=1S/C12H19ClN4OS/c1-4-8(2)15-11(18)5-6-14-10-7-9(13)16-12(17-10)19-3/h7-8H,4-6H2,1-3H3,(H,15,18)(H,14,16,17). The fourth-order valence-electron chi connectivity index (χ4n) is 1.33. The molecular formula is C12H19ClN4OS. The van der Waals surface area contributed by atoms with Crippen LogP contribution in [0, 0.1) is 0 Å². The number of nitrogens with one attached hydrogen (secondary N) is 2. The second-order valence-corrected chi connectivity index (χ2v) is 5.28. The van der Waals surface area contributed by atoms with Gasteiger partial charge in [-0.25, -0.2) is 9.97 Å². The first-order valence-corrected chi connectivity index (χ1v) is 7.77. The van der Waals surface area contributed by atoms with E-state index in [4.69, 9.17) is 11.6 Å². The molecule has 0 aromatic carbocycles. The van der Waals surface area contributed by atoms with Gasteiger partial charge in [0.25, 0.3) is 0 Å². The maximum atomic E-state index is 11.6. The van der Waals surface area contributed by atoms with E-state index in [0.717, 1.165) is 6.42 Å². The van der Waals surface area contributed by atoms with E-state index in [0.29, 0.717) is 29.1 Å². The second-order valence-electron chi connectivity index (χ2n) is 4.12. The molecule has 0 aliphatic rings. The Morgan fingerprint density at radius 1 is 1.53 bits per heavy atom. The van der Waals surface area contributed by atoms with Gasteiger partial charge in [0.1, 0.15) is 11.0 Å². The number of carbonyl (C=O) groups excluding carboxylic acids is 1. The van der Waals surface area contributed by atoms with Crippen molar-refractivity contribution in [2.45, 2.75) is 37.9 Å². The molecule has 0 saturated heterocycles. The number of halogens is 1. The molecule has 0 aliphatic carbocycles. The van der Waals surface area contributed by atoms with Crippen LogP contribution in [0.2, 0.25) is 5.15 Å². The van der Waals surface area contributed by atoms with E-state index in [9.17, 15) is 4.79 Å². The van der Waals surface area contributed by atoms with Crippen molar-refractivity contribution in [2.24, 2.45) is 0 Å². The first kappa shape index (κ1) is 16.0. The highest BCUT2D eigenvalue weighted by molar-refractivity contribution is 7.98. The van der Waals surface area contributed by atoms with Gasteiger partial charge in [0.05, 0.1) is 0 Å². The molecule has 19 heavy (non-hydrogen) atoms. The van der Waals surface area contributed by atoms with E-state index in [1.54, 1.807) is 6.07 Å². The third-order valence-corrected chi connectivity index (χ3v) is 3.28. The van der Waals surface area contributed by atoms with Crippen molar-refractivity contribution in [1.29, 1.82) is 0 Å². The van der Waals surface area contributed by atoms with Crippen molar-refractivity contribution < 1.29 is 4.79 Å². The van der Waals surface area contributed by atoms with Crippen LogP contribution in [-0.4, -0.2) is 34.7 Å². The second kappa shape index (κ2) is 8.22.